The molecule has 6 nitrogen and oxygen atoms in total. The van der Waals surface area contributed by atoms with Gasteiger partial charge in [-0.2, -0.15) is 0 Å². The van der Waals surface area contributed by atoms with Gasteiger partial charge in [-0.25, -0.2) is 4.98 Å². The summed E-state index contributed by atoms with van der Waals surface area (Å²) in [6.07, 6.45) is 2.18. The summed E-state index contributed by atoms with van der Waals surface area (Å²) in [7, 11) is 3.76. The lowest BCUT2D eigenvalue weighted by molar-refractivity contribution is 0.102. The normalized spacial score (nSPS) is 16.0. The lowest BCUT2D eigenvalue weighted by Gasteiger charge is -2.31. The van der Waals surface area contributed by atoms with Gasteiger partial charge in [-0.3, -0.25) is 4.79 Å². The Morgan fingerprint density at radius 1 is 1.28 bits per heavy atom. The standard InChI is InChI=1S/C19H26N4O2/c1-13-18(19(24)21-15-6-5-7-17(12-15)25-4)20-14(2)23(13)16-8-10-22(3)11-9-16/h5-7,12,16H,8-11H2,1-4H3,(H,21,24). The average molecular weight is 342 g/mol. The van der Waals surface area contributed by atoms with Gasteiger partial charge in [0.15, 0.2) is 0 Å². The van der Waals surface area contributed by atoms with E-state index in [1.54, 1.807) is 13.2 Å². The number of hydrogen-bond donors (Lipinski definition) is 1. The zero-order valence-corrected chi connectivity index (χ0v) is 15.4. The fourth-order valence-corrected chi connectivity index (χ4v) is 3.55. The highest BCUT2D eigenvalue weighted by atomic mass is 16.5. The van der Waals surface area contributed by atoms with Crippen molar-refractivity contribution >= 4 is 11.6 Å². The van der Waals surface area contributed by atoms with Gasteiger partial charge in [0.25, 0.3) is 5.91 Å². The molecular formula is C19H26N4O2. The summed E-state index contributed by atoms with van der Waals surface area (Å²) >= 11 is 0. The van der Waals surface area contributed by atoms with Crippen molar-refractivity contribution in [3.8, 4) is 5.75 Å². The second kappa shape index (κ2) is 7.27. The minimum absolute atomic E-state index is 0.180. The Labute approximate surface area is 148 Å². The molecule has 0 aliphatic carbocycles. The van der Waals surface area contributed by atoms with Crippen molar-refractivity contribution < 1.29 is 9.53 Å². The summed E-state index contributed by atoms with van der Waals surface area (Å²) in [5.41, 5.74) is 2.14. The van der Waals surface area contributed by atoms with E-state index in [4.69, 9.17) is 4.74 Å². The van der Waals surface area contributed by atoms with Crippen LogP contribution in [0.3, 0.4) is 0 Å². The number of methoxy groups -OCH3 is 1. The number of nitrogens with zero attached hydrogens (tertiary/aromatic N) is 3. The van der Waals surface area contributed by atoms with E-state index < -0.39 is 0 Å². The smallest absolute Gasteiger partial charge is 0.276 e. The Morgan fingerprint density at radius 3 is 2.68 bits per heavy atom. The molecule has 25 heavy (non-hydrogen) atoms. The Balaban J connectivity index is 1.80. The number of nitrogens with one attached hydrogen (secondary N) is 1. The number of likely N-dealkylation sites (tertiary alicyclic amines) is 1. The van der Waals surface area contributed by atoms with Crippen LogP contribution in [-0.4, -0.2) is 47.6 Å². The molecule has 1 aromatic carbocycles. The lowest BCUT2D eigenvalue weighted by atomic mass is 10.0. The zero-order valence-electron chi connectivity index (χ0n) is 15.4. The van der Waals surface area contributed by atoms with Crippen LogP contribution in [0.2, 0.25) is 0 Å². The van der Waals surface area contributed by atoms with Crippen LogP contribution < -0.4 is 10.1 Å². The van der Waals surface area contributed by atoms with E-state index in [1.807, 2.05) is 32.0 Å². The van der Waals surface area contributed by atoms with Crippen LogP contribution in [0.1, 0.15) is 40.9 Å². The number of amides is 1. The number of carbonyl (C=O) groups is 1. The van der Waals surface area contributed by atoms with E-state index >= 15 is 0 Å². The third-order valence-corrected chi connectivity index (χ3v) is 4.92. The summed E-state index contributed by atoms with van der Waals surface area (Å²) in [5.74, 6) is 1.44. The minimum Gasteiger partial charge on any atom is -0.497 e. The molecule has 1 aromatic heterocycles. The number of anilines is 1. The van der Waals surface area contributed by atoms with Crippen molar-refractivity contribution in [1.82, 2.24) is 14.5 Å². The number of benzene rings is 1. The molecule has 0 spiro atoms. The molecule has 2 heterocycles. The molecule has 2 aromatic rings. The SMILES string of the molecule is COc1cccc(NC(=O)c2nc(C)n(C3CCN(C)CC3)c2C)c1. The third kappa shape index (κ3) is 3.69. The van der Waals surface area contributed by atoms with Crippen LogP contribution in [0.15, 0.2) is 24.3 Å². The number of aryl methyl sites for hydroxylation is 1. The fourth-order valence-electron chi connectivity index (χ4n) is 3.55. The van der Waals surface area contributed by atoms with Crippen LogP contribution in [0.25, 0.3) is 0 Å². The first kappa shape index (κ1) is 17.5. The van der Waals surface area contributed by atoms with Gasteiger partial charge in [-0.15, -0.1) is 0 Å². The number of piperidine rings is 1. The second-order valence-corrected chi connectivity index (χ2v) is 6.68. The van der Waals surface area contributed by atoms with Crippen LogP contribution in [-0.2, 0) is 0 Å². The van der Waals surface area contributed by atoms with Gasteiger partial charge < -0.3 is 19.5 Å². The number of ether oxygens (including phenoxy) is 1. The summed E-state index contributed by atoms with van der Waals surface area (Å²) in [6.45, 7) is 6.12. The number of carbonyl (C=O) groups excluding carboxylic acids is 1. The van der Waals surface area contributed by atoms with Gasteiger partial charge in [-0.1, -0.05) is 6.07 Å². The molecule has 1 N–H and O–H groups in total. The van der Waals surface area contributed by atoms with Crippen molar-refractivity contribution in [3.05, 3.63) is 41.5 Å². The predicted octanol–water partition coefficient (Wildman–Crippen LogP) is 3.03. The largest absolute Gasteiger partial charge is 0.497 e. The van der Waals surface area contributed by atoms with Gasteiger partial charge in [-0.05, 0) is 59.0 Å². The molecule has 0 unspecified atom stereocenters. The summed E-state index contributed by atoms with van der Waals surface area (Å²) in [5, 5.41) is 2.92. The molecule has 0 atom stereocenters. The number of hydrogen-bond acceptors (Lipinski definition) is 4. The molecule has 0 bridgehead atoms. The summed E-state index contributed by atoms with van der Waals surface area (Å²) in [6, 6.07) is 7.76. The first-order valence-corrected chi connectivity index (χ1v) is 8.69. The maximum Gasteiger partial charge on any atom is 0.276 e. The predicted molar refractivity (Wildman–Crippen MR) is 98.4 cm³/mol. The molecule has 0 radical (unpaired) electrons. The highest BCUT2D eigenvalue weighted by Gasteiger charge is 2.25. The van der Waals surface area contributed by atoms with Crippen LogP contribution >= 0.6 is 0 Å². The van der Waals surface area contributed by atoms with Crippen molar-refractivity contribution in [2.45, 2.75) is 32.7 Å². The Kier molecular flexibility index (Phi) is 5.08. The Morgan fingerprint density at radius 2 is 2.00 bits per heavy atom. The van der Waals surface area contributed by atoms with Gasteiger partial charge in [0, 0.05) is 23.5 Å². The van der Waals surface area contributed by atoms with Crippen LogP contribution in [0.5, 0.6) is 5.75 Å². The highest BCUT2D eigenvalue weighted by Crippen LogP contribution is 2.27. The maximum atomic E-state index is 12.7. The van der Waals surface area contributed by atoms with Crippen LogP contribution in [0, 0.1) is 13.8 Å². The summed E-state index contributed by atoms with van der Waals surface area (Å²) < 4.78 is 7.43. The molecule has 1 aliphatic heterocycles. The van der Waals surface area contributed by atoms with E-state index in [1.165, 1.54) is 0 Å². The van der Waals surface area contributed by atoms with Gasteiger partial charge >= 0.3 is 0 Å². The molecule has 134 valence electrons. The Bertz CT molecular complexity index is 761. The van der Waals surface area contributed by atoms with Gasteiger partial charge in [0.2, 0.25) is 0 Å². The molecule has 6 heteroatoms. The lowest BCUT2D eigenvalue weighted by Crippen LogP contribution is -2.32. The fraction of sp³-hybridized carbons (Fsp3) is 0.474. The molecule has 1 fully saturated rings. The quantitative estimate of drug-likeness (QED) is 0.928. The first-order chi connectivity index (χ1) is 12.0. The molecular weight excluding hydrogens is 316 g/mol. The van der Waals surface area contributed by atoms with E-state index in [-0.39, 0.29) is 5.91 Å². The van der Waals surface area contributed by atoms with Crippen molar-refractivity contribution in [1.29, 1.82) is 0 Å². The average Bonchev–Trinajstić information content (AvgIpc) is 2.90. The van der Waals surface area contributed by atoms with E-state index in [2.05, 4.69) is 26.8 Å². The molecule has 1 saturated heterocycles. The molecule has 1 amide bonds. The minimum atomic E-state index is -0.180. The molecule has 0 saturated carbocycles. The van der Waals surface area contributed by atoms with E-state index in [9.17, 15) is 4.79 Å². The van der Waals surface area contributed by atoms with E-state index in [0.717, 1.165) is 37.4 Å². The Hall–Kier alpha value is -2.34. The maximum absolute atomic E-state index is 12.7. The van der Waals surface area contributed by atoms with Crippen LogP contribution in [0.4, 0.5) is 5.69 Å². The second-order valence-electron chi connectivity index (χ2n) is 6.68. The number of aromatic nitrogens is 2. The molecule has 3 rings (SSSR count). The van der Waals surface area contributed by atoms with E-state index in [0.29, 0.717) is 23.2 Å². The highest BCUT2D eigenvalue weighted by molar-refractivity contribution is 6.03. The monoisotopic (exact) mass is 342 g/mol. The van der Waals surface area contributed by atoms with Crippen molar-refractivity contribution in [2.24, 2.45) is 0 Å². The topological polar surface area (TPSA) is 59.4 Å². The third-order valence-electron chi connectivity index (χ3n) is 4.92. The first-order valence-electron chi connectivity index (χ1n) is 8.69. The van der Waals surface area contributed by atoms with Crippen molar-refractivity contribution in [2.75, 3.05) is 32.6 Å². The van der Waals surface area contributed by atoms with Crippen molar-refractivity contribution in [3.63, 3.8) is 0 Å². The zero-order chi connectivity index (χ0) is 18.0. The van der Waals surface area contributed by atoms with Gasteiger partial charge in [0.1, 0.15) is 17.3 Å². The summed E-state index contributed by atoms with van der Waals surface area (Å²) in [4.78, 5) is 19.6. The molecule has 1 aliphatic rings. The number of rotatable bonds is 4. The number of imidazole rings is 1. The van der Waals surface area contributed by atoms with Gasteiger partial charge in [0.05, 0.1) is 7.11 Å².